The van der Waals surface area contributed by atoms with E-state index in [1.807, 2.05) is 22.6 Å². The second-order valence-corrected chi connectivity index (χ2v) is 10.4. The number of hydrogen-bond donors (Lipinski definition) is 2. The fourth-order valence-electron chi connectivity index (χ4n) is 3.75. The van der Waals surface area contributed by atoms with E-state index in [0.717, 1.165) is 4.90 Å². The van der Waals surface area contributed by atoms with Gasteiger partial charge in [-0.05, 0) is 54.0 Å². The van der Waals surface area contributed by atoms with Crippen molar-refractivity contribution in [3.05, 3.63) is 27.3 Å². The molecule has 1 aromatic carbocycles. The molecule has 0 radical (unpaired) electrons. The highest BCUT2D eigenvalue weighted by molar-refractivity contribution is 14.1. The van der Waals surface area contributed by atoms with Crippen LogP contribution in [0.4, 0.5) is 4.79 Å². The third kappa shape index (κ3) is 4.24. The highest BCUT2D eigenvalue weighted by Gasteiger charge is 2.65. The molecule has 1 saturated heterocycles. The summed E-state index contributed by atoms with van der Waals surface area (Å²) in [6.07, 6.45) is 0.645. The Bertz CT molecular complexity index is 885. The van der Waals surface area contributed by atoms with Gasteiger partial charge in [0, 0.05) is 7.11 Å². The van der Waals surface area contributed by atoms with Crippen molar-refractivity contribution in [2.45, 2.75) is 45.0 Å². The van der Waals surface area contributed by atoms with E-state index in [0.29, 0.717) is 22.0 Å². The molecule has 2 N–H and O–H groups in total. The van der Waals surface area contributed by atoms with Crippen LogP contribution in [0.2, 0.25) is 0 Å². The monoisotopic (exact) mass is 538 g/mol. The molecule has 0 spiro atoms. The van der Waals surface area contributed by atoms with Gasteiger partial charge in [0.15, 0.2) is 15.2 Å². The van der Waals surface area contributed by atoms with Gasteiger partial charge >= 0.3 is 6.03 Å². The molecule has 1 aromatic rings. The third-order valence-electron chi connectivity index (χ3n) is 5.56. The first-order chi connectivity index (χ1) is 13.6. The number of likely N-dealkylation sites (tertiary alicyclic amines) is 1. The summed E-state index contributed by atoms with van der Waals surface area (Å²) in [7, 11) is -2.38. The Balaban J connectivity index is 2.32. The molecule has 2 rings (SSSR count). The topological polar surface area (TPSA) is 113 Å². The van der Waals surface area contributed by atoms with Crippen molar-refractivity contribution >= 4 is 44.4 Å². The molecule has 1 aliphatic rings. The summed E-state index contributed by atoms with van der Waals surface area (Å²) in [5, 5.41) is 11.4. The molecule has 3 amide bonds. The second-order valence-electron chi connectivity index (χ2n) is 7.10. The number of carbonyl (C=O) groups is 2. The molecule has 8 nitrogen and oxygen atoms in total. The lowest BCUT2D eigenvalue weighted by Gasteiger charge is -2.53. The smallest absolute Gasteiger partial charge is 0.325 e. The van der Waals surface area contributed by atoms with Crippen LogP contribution in [0.5, 0.6) is 5.75 Å². The Hall–Kier alpha value is -1.40. The number of methoxy groups -OCH3 is 1. The number of nitrogens with one attached hydrogen (secondary N) is 1. The average molecular weight is 538 g/mol. The van der Waals surface area contributed by atoms with Gasteiger partial charge in [-0.25, -0.2) is 18.1 Å². The first kappa shape index (κ1) is 23.9. The molecule has 10 heteroatoms. The standard InChI is InChI=1S/C19H27IN2O6S/c1-5-19(6-2)16(24)22(17(19)29(26,27)11-10-28-4)18(25)21-12(3)13-8-7-9-14(23)15(13)20/h7-9,12,17,23H,5-6,10-11H2,1-4H3,(H,21,25). The molecule has 2 unspecified atom stereocenters. The van der Waals surface area contributed by atoms with Crippen molar-refractivity contribution in [1.29, 1.82) is 0 Å². The first-order valence-electron chi connectivity index (χ1n) is 9.39. The largest absolute Gasteiger partial charge is 0.507 e. The van der Waals surface area contributed by atoms with E-state index < -0.39 is 38.6 Å². The Morgan fingerprint density at radius 1 is 1.38 bits per heavy atom. The zero-order valence-electron chi connectivity index (χ0n) is 16.9. The summed E-state index contributed by atoms with van der Waals surface area (Å²) >= 11 is 1.97. The van der Waals surface area contributed by atoms with Gasteiger partial charge in [-0.2, -0.15) is 0 Å². The zero-order chi connectivity index (χ0) is 22.0. The number of phenols is 1. The van der Waals surface area contributed by atoms with Crippen molar-refractivity contribution in [1.82, 2.24) is 10.2 Å². The number of sulfone groups is 1. The highest BCUT2D eigenvalue weighted by atomic mass is 127. The summed E-state index contributed by atoms with van der Waals surface area (Å²) in [6, 6.07) is 3.65. The maximum atomic E-state index is 12.9. The summed E-state index contributed by atoms with van der Waals surface area (Å²) in [4.78, 5) is 26.6. The van der Waals surface area contributed by atoms with Crippen LogP contribution >= 0.6 is 22.6 Å². The minimum atomic E-state index is -3.78. The molecule has 0 bridgehead atoms. The van der Waals surface area contributed by atoms with E-state index in [4.69, 9.17) is 4.74 Å². The van der Waals surface area contributed by atoms with Crippen molar-refractivity contribution in [2.75, 3.05) is 19.5 Å². The Kier molecular flexibility index (Phi) is 7.55. The normalized spacial score (nSPS) is 19.6. The molecule has 0 saturated carbocycles. The summed E-state index contributed by atoms with van der Waals surface area (Å²) in [5.74, 6) is -0.670. The number of benzene rings is 1. The van der Waals surface area contributed by atoms with Crippen LogP contribution in [0.3, 0.4) is 0 Å². The molecule has 0 aromatic heterocycles. The minimum absolute atomic E-state index is 0.0100. The molecule has 1 aliphatic heterocycles. The fraction of sp³-hybridized carbons (Fsp3) is 0.579. The number of β-lactam (4-membered cyclic amide) rings is 1. The predicted molar refractivity (Wildman–Crippen MR) is 117 cm³/mol. The highest BCUT2D eigenvalue weighted by Crippen LogP contribution is 2.48. The van der Waals surface area contributed by atoms with Crippen LogP contribution in [0.1, 0.15) is 45.2 Å². The maximum absolute atomic E-state index is 12.9. The van der Waals surface area contributed by atoms with E-state index in [-0.39, 0.29) is 18.1 Å². The number of ether oxygens (including phenoxy) is 1. The lowest BCUT2D eigenvalue weighted by molar-refractivity contribution is -0.159. The number of aromatic hydroxyl groups is 1. The molecule has 29 heavy (non-hydrogen) atoms. The van der Waals surface area contributed by atoms with Crippen LogP contribution in [-0.2, 0) is 19.4 Å². The number of urea groups is 1. The van der Waals surface area contributed by atoms with E-state index in [9.17, 15) is 23.1 Å². The van der Waals surface area contributed by atoms with Gasteiger partial charge in [-0.15, -0.1) is 0 Å². The maximum Gasteiger partial charge on any atom is 0.325 e. The lowest BCUT2D eigenvalue weighted by Crippen LogP contribution is -2.74. The molecular weight excluding hydrogens is 511 g/mol. The van der Waals surface area contributed by atoms with E-state index in [1.54, 1.807) is 32.9 Å². The van der Waals surface area contributed by atoms with Crippen LogP contribution in [0.15, 0.2) is 18.2 Å². The van der Waals surface area contributed by atoms with Crippen LogP contribution in [0.25, 0.3) is 0 Å². The first-order valence-corrected chi connectivity index (χ1v) is 12.2. The second kappa shape index (κ2) is 9.17. The number of halogens is 1. The average Bonchev–Trinajstić information content (AvgIpc) is 2.67. The SMILES string of the molecule is CCC1(CC)C(=O)N(C(=O)NC(C)c2cccc(O)c2I)C1S(=O)(=O)CCOC. The van der Waals surface area contributed by atoms with Crippen LogP contribution in [0, 0.1) is 8.99 Å². The number of amides is 3. The fourth-order valence-corrected chi connectivity index (χ4v) is 6.84. The Labute approximate surface area is 185 Å². The summed E-state index contributed by atoms with van der Waals surface area (Å²) in [5.41, 5.74) is -0.435. The summed E-state index contributed by atoms with van der Waals surface area (Å²) < 4.78 is 31.3. The summed E-state index contributed by atoms with van der Waals surface area (Å²) in [6.45, 7) is 5.21. The molecule has 2 atom stereocenters. The molecule has 0 aliphatic carbocycles. The van der Waals surface area contributed by atoms with Crippen molar-refractivity contribution < 1.29 is 27.9 Å². The van der Waals surface area contributed by atoms with Gasteiger partial charge in [0.2, 0.25) is 5.91 Å². The van der Waals surface area contributed by atoms with Gasteiger partial charge in [0.1, 0.15) is 5.75 Å². The van der Waals surface area contributed by atoms with E-state index in [2.05, 4.69) is 5.32 Å². The van der Waals surface area contributed by atoms with Gasteiger partial charge in [-0.3, -0.25) is 4.79 Å². The quantitative estimate of drug-likeness (QED) is 0.389. The van der Waals surface area contributed by atoms with Crippen molar-refractivity contribution in [2.24, 2.45) is 5.41 Å². The number of phenolic OH excluding ortho intramolecular Hbond substituents is 1. The van der Waals surface area contributed by atoms with Gasteiger partial charge in [0.25, 0.3) is 0 Å². The van der Waals surface area contributed by atoms with Gasteiger partial charge in [-0.1, -0.05) is 26.0 Å². The molecule has 1 heterocycles. The van der Waals surface area contributed by atoms with Crippen LogP contribution < -0.4 is 5.32 Å². The molecular formula is C19H27IN2O6S. The third-order valence-corrected chi connectivity index (χ3v) is 8.81. The number of rotatable bonds is 8. The Morgan fingerprint density at radius 2 is 2.00 bits per heavy atom. The van der Waals surface area contributed by atoms with Crippen molar-refractivity contribution in [3.8, 4) is 5.75 Å². The number of hydrogen-bond acceptors (Lipinski definition) is 6. The van der Waals surface area contributed by atoms with Gasteiger partial charge < -0.3 is 15.2 Å². The molecule has 162 valence electrons. The number of imide groups is 1. The zero-order valence-corrected chi connectivity index (χ0v) is 19.9. The minimum Gasteiger partial charge on any atom is -0.507 e. The predicted octanol–water partition coefficient (Wildman–Crippen LogP) is 2.80. The van der Waals surface area contributed by atoms with Crippen molar-refractivity contribution in [3.63, 3.8) is 0 Å². The lowest BCUT2D eigenvalue weighted by atomic mass is 9.73. The van der Waals surface area contributed by atoms with Crippen LogP contribution in [-0.4, -0.2) is 55.2 Å². The number of carbonyl (C=O) groups excluding carboxylic acids is 2. The molecule has 1 fully saturated rings. The number of nitrogens with zero attached hydrogens (tertiary/aromatic N) is 1. The van der Waals surface area contributed by atoms with E-state index in [1.165, 1.54) is 13.2 Å². The van der Waals surface area contributed by atoms with Gasteiger partial charge in [0.05, 0.1) is 27.4 Å². The van der Waals surface area contributed by atoms with E-state index >= 15 is 0 Å². The Morgan fingerprint density at radius 3 is 2.55 bits per heavy atom.